The third kappa shape index (κ3) is 2.48. The van der Waals surface area contributed by atoms with Crippen LogP contribution in [0.1, 0.15) is 37.7 Å². The molecule has 0 saturated carbocycles. The van der Waals surface area contributed by atoms with Gasteiger partial charge in [0, 0.05) is 21.3 Å². The van der Waals surface area contributed by atoms with E-state index < -0.39 is 28.0 Å². The second-order valence-electron chi connectivity index (χ2n) is 5.92. The molecule has 1 aromatic rings. The molecule has 21 heavy (non-hydrogen) atoms. The Morgan fingerprint density at radius 1 is 1.29 bits per heavy atom. The fraction of sp³-hybridized carbons (Fsp3) is 0.600. The summed E-state index contributed by atoms with van der Waals surface area (Å²) in [6, 6.07) is 2.38. The molecular weight excluding hydrogens is 298 g/mol. The predicted octanol–water partition coefficient (Wildman–Crippen LogP) is 2.62. The molecule has 0 spiro atoms. The number of ether oxygens (including phenoxy) is 1. The summed E-state index contributed by atoms with van der Waals surface area (Å²) in [6.07, 6.45) is 3.28. The van der Waals surface area contributed by atoms with E-state index in [1.807, 2.05) is 0 Å². The molecule has 2 fully saturated rings. The van der Waals surface area contributed by atoms with E-state index in [0.29, 0.717) is 18.4 Å². The molecule has 2 aliphatic heterocycles. The van der Waals surface area contributed by atoms with Crippen LogP contribution in [0.25, 0.3) is 0 Å². The maximum absolute atomic E-state index is 13.7. The van der Waals surface area contributed by atoms with Crippen molar-refractivity contribution in [1.82, 2.24) is 0 Å². The minimum atomic E-state index is -1.26. The highest BCUT2D eigenvalue weighted by Crippen LogP contribution is 2.45. The molecule has 2 atom stereocenters. The highest BCUT2D eigenvalue weighted by molar-refractivity contribution is 7.86. The van der Waals surface area contributed by atoms with Crippen LogP contribution >= 0.6 is 0 Å². The Labute approximate surface area is 124 Å². The Hall–Kier alpha value is -1.01. The monoisotopic (exact) mass is 316 g/mol. The number of rotatable bonds is 2. The first-order chi connectivity index (χ1) is 9.94. The average Bonchev–Trinajstić information content (AvgIpc) is 2.43. The number of benzene rings is 1. The second-order valence-corrected chi connectivity index (χ2v) is 7.91. The zero-order valence-electron chi connectivity index (χ0n) is 11.8. The van der Waals surface area contributed by atoms with Crippen LogP contribution in [0, 0.1) is 11.6 Å². The van der Waals surface area contributed by atoms with Crippen molar-refractivity contribution in [2.24, 2.45) is 0 Å². The van der Waals surface area contributed by atoms with Crippen molar-refractivity contribution in [1.29, 1.82) is 0 Å². The lowest BCUT2D eigenvalue weighted by Crippen LogP contribution is -2.47. The van der Waals surface area contributed by atoms with E-state index >= 15 is 0 Å². The third-order valence-electron chi connectivity index (χ3n) is 4.59. The number of methoxy groups -OCH3 is 1. The molecule has 1 N–H and O–H groups in total. The van der Waals surface area contributed by atoms with Gasteiger partial charge in [0.2, 0.25) is 5.82 Å². The Kier molecular flexibility index (Phi) is 3.78. The molecule has 1 aromatic carbocycles. The van der Waals surface area contributed by atoms with Crippen LogP contribution in [0.2, 0.25) is 0 Å². The van der Waals surface area contributed by atoms with Crippen LogP contribution in [-0.4, -0.2) is 26.9 Å². The first-order valence-electron chi connectivity index (χ1n) is 7.10. The first-order valence-corrected chi connectivity index (χ1v) is 8.37. The van der Waals surface area contributed by atoms with E-state index in [1.165, 1.54) is 13.2 Å². The predicted molar refractivity (Wildman–Crippen MR) is 75.6 cm³/mol. The number of aliphatic hydroxyl groups is 1. The van der Waals surface area contributed by atoms with Gasteiger partial charge in [0.05, 0.1) is 12.7 Å². The summed E-state index contributed by atoms with van der Waals surface area (Å²) in [5.74, 6) is -2.30. The van der Waals surface area contributed by atoms with E-state index in [-0.39, 0.29) is 16.2 Å². The fourth-order valence-electron chi connectivity index (χ4n) is 3.50. The van der Waals surface area contributed by atoms with Crippen molar-refractivity contribution in [3.8, 4) is 5.75 Å². The lowest BCUT2D eigenvalue weighted by molar-refractivity contribution is 0.00597. The van der Waals surface area contributed by atoms with Gasteiger partial charge in [-0.25, -0.2) is 4.39 Å². The molecule has 2 heterocycles. The van der Waals surface area contributed by atoms with Gasteiger partial charge in [-0.05, 0) is 43.4 Å². The van der Waals surface area contributed by atoms with E-state index in [1.54, 1.807) is 0 Å². The van der Waals surface area contributed by atoms with Gasteiger partial charge in [0.25, 0.3) is 0 Å². The minimum absolute atomic E-state index is 0.0680. The summed E-state index contributed by atoms with van der Waals surface area (Å²) in [5, 5.41) is 10.8. The number of hydrogen-bond donors (Lipinski definition) is 1. The first kappa shape index (κ1) is 14.9. The van der Waals surface area contributed by atoms with Crippen molar-refractivity contribution in [3.63, 3.8) is 0 Å². The summed E-state index contributed by atoms with van der Waals surface area (Å²) >= 11 is 0. The highest BCUT2D eigenvalue weighted by Gasteiger charge is 2.46. The fourth-order valence-corrected chi connectivity index (χ4v) is 5.72. The van der Waals surface area contributed by atoms with Crippen molar-refractivity contribution >= 4 is 10.8 Å². The summed E-state index contributed by atoms with van der Waals surface area (Å²) in [5.41, 5.74) is -0.947. The lowest BCUT2D eigenvalue weighted by Gasteiger charge is -2.43. The standard InChI is InChI=1S/C15H18F2O3S/c1-20-13-6-9(5-12(16)14(13)17)15(18)7-10-3-2-4-11(8-15)21(10)19/h5-6,10-11,18H,2-4,7-8H2,1H3. The molecule has 2 bridgehead atoms. The summed E-state index contributed by atoms with van der Waals surface area (Å²) in [6.45, 7) is 0. The van der Waals surface area contributed by atoms with Crippen LogP contribution in [0.5, 0.6) is 5.75 Å². The molecule has 0 radical (unpaired) electrons. The summed E-state index contributed by atoms with van der Waals surface area (Å²) in [4.78, 5) is 0. The van der Waals surface area contributed by atoms with Gasteiger partial charge in [-0.1, -0.05) is 6.42 Å². The molecular formula is C15H18F2O3S. The van der Waals surface area contributed by atoms with E-state index in [4.69, 9.17) is 4.74 Å². The van der Waals surface area contributed by atoms with Gasteiger partial charge < -0.3 is 9.84 Å². The highest BCUT2D eigenvalue weighted by atomic mass is 32.2. The van der Waals surface area contributed by atoms with Crippen LogP contribution in [0.3, 0.4) is 0 Å². The molecule has 6 heteroatoms. The topological polar surface area (TPSA) is 46.5 Å². The molecule has 2 unspecified atom stereocenters. The Balaban J connectivity index is 1.99. The SMILES string of the molecule is COc1cc(C2(O)CC3CCCC(C2)S3=O)cc(F)c1F. The van der Waals surface area contributed by atoms with Crippen molar-refractivity contribution in [2.75, 3.05) is 7.11 Å². The van der Waals surface area contributed by atoms with Gasteiger partial charge in [0.1, 0.15) is 0 Å². The lowest BCUT2D eigenvalue weighted by atomic mass is 9.80. The normalized spacial score (nSPS) is 35.5. The molecule has 0 amide bonds. The van der Waals surface area contributed by atoms with E-state index in [2.05, 4.69) is 0 Å². The van der Waals surface area contributed by atoms with Crippen molar-refractivity contribution in [3.05, 3.63) is 29.3 Å². The third-order valence-corrected chi connectivity index (χ3v) is 6.71. The van der Waals surface area contributed by atoms with E-state index in [0.717, 1.165) is 25.3 Å². The maximum Gasteiger partial charge on any atom is 0.200 e. The zero-order chi connectivity index (χ0) is 15.2. The minimum Gasteiger partial charge on any atom is -0.494 e. The number of fused-ring (bicyclic) bond motifs is 2. The average molecular weight is 316 g/mol. The molecule has 3 rings (SSSR count). The van der Waals surface area contributed by atoms with Gasteiger partial charge in [-0.3, -0.25) is 4.21 Å². The molecule has 0 aromatic heterocycles. The zero-order valence-corrected chi connectivity index (χ0v) is 12.6. The van der Waals surface area contributed by atoms with Crippen LogP contribution in [-0.2, 0) is 16.4 Å². The summed E-state index contributed by atoms with van der Waals surface area (Å²) in [7, 11) is 0.328. The van der Waals surface area contributed by atoms with Crippen molar-refractivity contribution < 1.29 is 22.8 Å². The van der Waals surface area contributed by atoms with Gasteiger partial charge >= 0.3 is 0 Å². The van der Waals surface area contributed by atoms with E-state index in [9.17, 15) is 18.1 Å². The van der Waals surface area contributed by atoms with Crippen LogP contribution in [0.4, 0.5) is 8.78 Å². The van der Waals surface area contributed by atoms with Crippen molar-refractivity contribution in [2.45, 2.75) is 48.2 Å². The smallest absolute Gasteiger partial charge is 0.200 e. The van der Waals surface area contributed by atoms with Gasteiger partial charge in [-0.15, -0.1) is 0 Å². The Morgan fingerprint density at radius 2 is 1.90 bits per heavy atom. The number of halogens is 2. The van der Waals surface area contributed by atoms with Crippen LogP contribution < -0.4 is 4.74 Å². The maximum atomic E-state index is 13.7. The van der Waals surface area contributed by atoms with Gasteiger partial charge in [-0.2, -0.15) is 4.39 Å². The second kappa shape index (κ2) is 5.32. The summed E-state index contributed by atoms with van der Waals surface area (Å²) < 4.78 is 44.3. The molecule has 2 saturated heterocycles. The largest absolute Gasteiger partial charge is 0.494 e. The molecule has 3 nitrogen and oxygen atoms in total. The molecule has 116 valence electrons. The quantitative estimate of drug-likeness (QED) is 0.912. The molecule has 2 aliphatic rings. The Morgan fingerprint density at radius 3 is 2.48 bits per heavy atom. The Bertz CT molecular complexity index is 575. The van der Waals surface area contributed by atoms with Crippen LogP contribution in [0.15, 0.2) is 12.1 Å². The number of hydrogen-bond acceptors (Lipinski definition) is 3. The molecule has 0 aliphatic carbocycles. The van der Waals surface area contributed by atoms with Gasteiger partial charge in [0.15, 0.2) is 11.6 Å².